The first kappa shape index (κ1) is 18.6. The number of rotatable bonds is 1. The number of nitrogens with zero attached hydrogens (tertiary/aromatic N) is 2. The van der Waals surface area contributed by atoms with E-state index < -0.39 is 0 Å². The van der Waals surface area contributed by atoms with Gasteiger partial charge in [0, 0.05) is 24.2 Å². The van der Waals surface area contributed by atoms with Gasteiger partial charge in [-0.25, -0.2) is 0 Å². The fourth-order valence-corrected chi connectivity index (χ4v) is 7.75. The van der Waals surface area contributed by atoms with Crippen LogP contribution in [0.5, 0.6) is 0 Å². The fourth-order valence-electron chi connectivity index (χ4n) is 7.75. The van der Waals surface area contributed by atoms with Crippen LogP contribution in [0, 0.1) is 34.5 Å². The van der Waals surface area contributed by atoms with E-state index in [1.807, 2.05) is 19.4 Å². The Labute approximate surface area is 168 Å². The van der Waals surface area contributed by atoms with Gasteiger partial charge in [0.25, 0.3) is 0 Å². The molecule has 4 aliphatic rings. The lowest BCUT2D eigenvalue weighted by molar-refractivity contribution is -0.141. The lowest BCUT2D eigenvalue weighted by Crippen LogP contribution is -2.54. The number of hydrogen-bond donors (Lipinski definition) is 1. The number of allylic oxidation sites excluding steroid dienone is 1. The average molecular weight is 383 g/mol. The second-order valence-corrected chi connectivity index (χ2v) is 10.7. The monoisotopic (exact) mass is 382 g/mol. The van der Waals surface area contributed by atoms with E-state index in [-0.39, 0.29) is 11.5 Å². The zero-order valence-electron chi connectivity index (χ0n) is 17.5. The van der Waals surface area contributed by atoms with E-state index in [0.29, 0.717) is 29.0 Å². The summed E-state index contributed by atoms with van der Waals surface area (Å²) in [6.45, 7) is 4.76. The van der Waals surface area contributed by atoms with Gasteiger partial charge in [0.15, 0.2) is 5.78 Å². The third-order valence-corrected chi connectivity index (χ3v) is 9.34. The molecule has 0 bridgehead atoms. The number of Topliss-reactive ketones (excluding diaryl/α,β-unsaturated/α-hetero) is 1. The summed E-state index contributed by atoms with van der Waals surface area (Å²) in [6, 6.07) is 0. The standard InChI is InChI=1S/C24H34N2O2/c1-23-8-6-18(27)12-17(23)4-5-19-20(23)7-9-24(2)21(19)11-16(22(24)28)10-15-13-25-26(3)14-15/h10,13-14,17-21,27H,4-9,11-12H2,1-3H3/b16-10+/t17-,18-,19+,20-,21-,23+,24+/m1/s1. The molecule has 4 fully saturated rings. The number of aromatic nitrogens is 2. The number of carbonyl (C=O) groups excluding carboxylic acids is 1. The molecule has 0 radical (unpaired) electrons. The van der Waals surface area contributed by atoms with Crippen molar-refractivity contribution >= 4 is 11.9 Å². The zero-order valence-corrected chi connectivity index (χ0v) is 17.5. The first-order chi connectivity index (χ1) is 13.3. The van der Waals surface area contributed by atoms with Crippen molar-refractivity contribution in [2.75, 3.05) is 0 Å². The van der Waals surface area contributed by atoms with Crippen molar-refractivity contribution in [3.8, 4) is 0 Å². The minimum absolute atomic E-state index is 0.0921. The maximum absolute atomic E-state index is 13.4. The highest BCUT2D eigenvalue weighted by Gasteiger charge is 2.61. The predicted octanol–water partition coefficient (Wildman–Crippen LogP) is 4.39. The van der Waals surface area contributed by atoms with Gasteiger partial charge in [0.1, 0.15) is 0 Å². The first-order valence-corrected chi connectivity index (χ1v) is 11.2. The van der Waals surface area contributed by atoms with Gasteiger partial charge >= 0.3 is 0 Å². The van der Waals surface area contributed by atoms with Crippen molar-refractivity contribution in [2.45, 2.75) is 71.3 Å². The van der Waals surface area contributed by atoms with E-state index in [0.717, 1.165) is 49.2 Å². The number of fused-ring (bicyclic) bond motifs is 5. The quantitative estimate of drug-likeness (QED) is 0.733. The summed E-state index contributed by atoms with van der Waals surface area (Å²) in [5, 5.41) is 14.5. The van der Waals surface area contributed by atoms with Gasteiger partial charge < -0.3 is 5.11 Å². The van der Waals surface area contributed by atoms with Crippen LogP contribution in [-0.2, 0) is 11.8 Å². The Morgan fingerprint density at radius 3 is 2.75 bits per heavy atom. The second kappa shape index (κ2) is 6.29. The number of ketones is 1. The smallest absolute Gasteiger partial charge is 0.165 e. The zero-order chi connectivity index (χ0) is 19.7. The average Bonchev–Trinajstić information content (AvgIpc) is 3.18. The van der Waals surface area contributed by atoms with E-state index >= 15 is 0 Å². The van der Waals surface area contributed by atoms with Gasteiger partial charge in [0.05, 0.1) is 12.3 Å². The summed E-state index contributed by atoms with van der Waals surface area (Å²) < 4.78 is 1.80. The van der Waals surface area contributed by atoms with Crippen molar-refractivity contribution in [3.05, 3.63) is 23.5 Å². The Morgan fingerprint density at radius 1 is 1.18 bits per heavy atom. The molecule has 4 aliphatic carbocycles. The number of carbonyl (C=O) groups is 1. The molecule has 4 nitrogen and oxygen atoms in total. The Balaban J connectivity index is 1.45. The molecule has 28 heavy (non-hydrogen) atoms. The lowest BCUT2D eigenvalue weighted by Gasteiger charge is -2.59. The van der Waals surface area contributed by atoms with Gasteiger partial charge in [-0.3, -0.25) is 9.48 Å². The molecule has 1 heterocycles. The number of aliphatic hydroxyl groups is 1. The molecule has 7 atom stereocenters. The Morgan fingerprint density at radius 2 is 2.00 bits per heavy atom. The summed E-state index contributed by atoms with van der Waals surface area (Å²) >= 11 is 0. The molecule has 4 saturated carbocycles. The maximum atomic E-state index is 13.4. The SMILES string of the molecule is Cn1cc(/C=C2\C[C@@H]3[C@H]4CC[C@@H]5C[C@H](O)CC[C@]5(C)[C@@H]4CC[C@]3(C)C2=O)cn1. The summed E-state index contributed by atoms with van der Waals surface area (Å²) in [5.74, 6) is 2.95. The van der Waals surface area contributed by atoms with Gasteiger partial charge in [-0.2, -0.15) is 5.10 Å². The third kappa shape index (κ3) is 2.59. The van der Waals surface area contributed by atoms with Crippen molar-refractivity contribution in [2.24, 2.45) is 41.5 Å². The maximum Gasteiger partial charge on any atom is 0.165 e. The highest BCUT2D eigenvalue weighted by Crippen LogP contribution is 2.66. The van der Waals surface area contributed by atoms with Crippen LogP contribution < -0.4 is 0 Å². The highest BCUT2D eigenvalue weighted by atomic mass is 16.3. The molecule has 4 heteroatoms. The van der Waals surface area contributed by atoms with Gasteiger partial charge in [-0.15, -0.1) is 0 Å². The minimum atomic E-state index is -0.174. The molecular formula is C24H34N2O2. The van der Waals surface area contributed by atoms with Crippen LogP contribution in [0.4, 0.5) is 0 Å². The number of aliphatic hydroxyl groups excluding tert-OH is 1. The van der Waals surface area contributed by atoms with Gasteiger partial charge in [-0.1, -0.05) is 13.8 Å². The van der Waals surface area contributed by atoms with E-state index in [9.17, 15) is 9.90 Å². The van der Waals surface area contributed by atoms with Crippen LogP contribution in [-0.4, -0.2) is 26.8 Å². The van der Waals surface area contributed by atoms with E-state index in [2.05, 4.69) is 25.0 Å². The van der Waals surface area contributed by atoms with Gasteiger partial charge in [0.2, 0.25) is 0 Å². The molecule has 5 rings (SSSR count). The van der Waals surface area contributed by atoms with Crippen LogP contribution in [0.2, 0.25) is 0 Å². The first-order valence-electron chi connectivity index (χ1n) is 11.2. The van der Waals surface area contributed by atoms with Crippen molar-refractivity contribution < 1.29 is 9.90 Å². The summed E-state index contributed by atoms with van der Waals surface area (Å²) in [6.07, 6.45) is 14.6. The lowest BCUT2D eigenvalue weighted by atomic mass is 9.45. The van der Waals surface area contributed by atoms with Crippen LogP contribution in [0.25, 0.3) is 6.08 Å². The molecule has 0 saturated heterocycles. The van der Waals surface area contributed by atoms with Crippen LogP contribution in [0.1, 0.15) is 70.8 Å². The van der Waals surface area contributed by atoms with Crippen molar-refractivity contribution in [1.82, 2.24) is 9.78 Å². The largest absolute Gasteiger partial charge is 0.393 e. The van der Waals surface area contributed by atoms with Crippen LogP contribution >= 0.6 is 0 Å². The molecular weight excluding hydrogens is 348 g/mol. The van der Waals surface area contributed by atoms with Gasteiger partial charge in [-0.05, 0) is 92.1 Å². The Hall–Kier alpha value is -1.42. The molecule has 0 unspecified atom stereocenters. The molecule has 152 valence electrons. The molecule has 1 aromatic rings. The van der Waals surface area contributed by atoms with Crippen molar-refractivity contribution in [3.63, 3.8) is 0 Å². The fraction of sp³-hybridized carbons (Fsp3) is 0.750. The summed E-state index contributed by atoms with van der Waals surface area (Å²) in [5.41, 5.74) is 2.25. The van der Waals surface area contributed by atoms with Crippen LogP contribution in [0.3, 0.4) is 0 Å². The van der Waals surface area contributed by atoms with Crippen molar-refractivity contribution in [1.29, 1.82) is 0 Å². The van der Waals surface area contributed by atoms with Crippen LogP contribution in [0.15, 0.2) is 18.0 Å². The van der Waals surface area contributed by atoms with E-state index in [4.69, 9.17) is 0 Å². The predicted molar refractivity (Wildman–Crippen MR) is 109 cm³/mol. The molecule has 0 amide bonds. The topological polar surface area (TPSA) is 55.1 Å². The molecule has 0 spiro atoms. The minimum Gasteiger partial charge on any atom is -0.393 e. The Kier molecular flexibility index (Phi) is 4.18. The third-order valence-electron chi connectivity index (χ3n) is 9.34. The second-order valence-electron chi connectivity index (χ2n) is 10.7. The summed E-state index contributed by atoms with van der Waals surface area (Å²) in [4.78, 5) is 13.4. The normalized spacial score (nSPS) is 46.9. The number of hydrogen-bond acceptors (Lipinski definition) is 3. The molecule has 1 aromatic heterocycles. The molecule has 0 aliphatic heterocycles. The molecule has 1 N–H and O–H groups in total. The Bertz CT molecular complexity index is 826. The molecule has 0 aromatic carbocycles. The van der Waals surface area contributed by atoms with E-state index in [1.165, 1.54) is 19.3 Å². The van der Waals surface area contributed by atoms with E-state index in [1.54, 1.807) is 4.68 Å². The number of aryl methyl sites for hydroxylation is 1. The highest BCUT2D eigenvalue weighted by molar-refractivity contribution is 6.05. The summed E-state index contributed by atoms with van der Waals surface area (Å²) in [7, 11) is 1.92.